The smallest absolute Gasteiger partial charge is 0.306 e. The maximum atomic E-state index is 12.7. The van der Waals surface area contributed by atoms with Crippen molar-refractivity contribution in [3.8, 4) is 0 Å². The Morgan fingerprint density at radius 3 is 0.942 bits per heavy atom. The molecule has 0 spiro atoms. The molecule has 0 amide bonds. The topological polar surface area (TPSA) is 78.9 Å². The summed E-state index contributed by atoms with van der Waals surface area (Å²) in [4.78, 5) is 37.6. The fourth-order valence-electron chi connectivity index (χ4n) is 6.80. The molecule has 6 heteroatoms. The lowest BCUT2D eigenvalue weighted by molar-refractivity contribution is -0.167. The predicted octanol–water partition coefficient (Wildman–Crippen LogP) is 14.3. The molecule has 0 N–H and O–H groups in total. The van der Waals surface area contributed by atoms with Crippen molar-refractivity contribution in [2.75, 3.05) is 13.2 Å². The summed E-state index contributed by atoms with van der Waals surface area (Å²) >= 11 is 0. The Labute approximate surface area is 323 Å². The van der Waals surface area contributed by atoms with E-state index in [4.69, 9.17) is 14.2 Å². The van der Waals surface area contributed by atoms with Crippen molar-refractivity contribution in [3.05, 3.63) is 0 Å². The highest BCUT2D eigenvalue weighted by atomic mass is 16.6. The van der Waals surface area contributed by atoms with Gasteiger partial charge in [-0.2, -0.15) is 0 Å². The molecule has 0 aliphatic rings. The van der Waals surface area contributed by atoms with E-state index in [1.807, 2.05) is 0 Å². The highest BCUT2D eigenvalue weighted by Crippen LogP contribution is 2.16. The van der Waals surface area contributed by atoms with E-state index in [-0.39, 0.29) is 31.1 Å². The van der Waals surface area contributed by atoms with Crippen LogP contribution in [0.5, 0.6) is 0 Å². The third-order valence-corrected chi connectivity index (χ3v) is 10.3. The van der Waals surface area contributed by atoms with Gasteiger partial charge in [0.25, 0.3) is 0 Å². The number of ether oxygens (including phenoxy) is 3. The van der Waals surface area contributed by atoms with E-state index < -0.39 is 6.10 Å². The van der Waals surface area contributed by atoms with Crippen molar-refractivity contribution in [2.45, 2.75) is 259 Å². The van der Waals surface area contributed by atoms with Crippen LogP contribution < -0.4 is 0 Å². The summed E-state index contributed by atoms with van der Waals surface area (Å²) in [5, 5.41) is 0. The molecule has 0 radical (unpaired) electrons. The molecule has 0 fully saturated rings. The number of rotatable bonds is 41. The SMILES string of the molecule is CCCCCCCCCCCCCCC(=O)O[C@@H](COC(=O)CCCCCCCCCCC)COC(=O)CCCCCCCCCCCCC(C)C. The molecule has 0 saturated carbocycles. The van der Waals surface area contributed by atoms with Crippen LogP contribution in [0.15, 0.2) is 0 Å². The van der Waals surface area contributed by atoms with Gasteiger partial charge >= 0.3 is 17.9 Å². The molecule has 0 unspecified atom stereocenters. The van der Waals surface area contributed by atoms with E-state index in [2.05, 4.69) is 27.7 Å². The molecule has 0 aromatic heterocycles. The van der Waals surface area contributed by atoms with E-state index in [9.17, 15) is 14.4 Å². The zero-order valence-corrected chi connectivity index (χ0v) is 35.3. The Kier molecular flexibility index (Phi) is 39.4. The minimum Gasteiger partial charge on any atom is -0.462 e. The van der Waals surface area contributed by atoms with Crippen LogP contribution in [-0.4, -0.2) is 37.2 Å². The van der Waals surface area contributed by atoms with Crippen LogP contribution in [0.3, 0.4) is 0 Å². The Hall–Kier alpha value is -1.59. The quantitative estimate of drug-likeness (QED) is 0.0353. The second kappa shape index (κ2) is 40.6. The maximum absolute atomic E-state index is 12.7. The van der Waals surface area contributed by atoms with Gasteiger partial charge in [-0.3, -0.25) is 14.4 Å². The zero-order chi connectivity index (χ0) is 38.2. The van der Waals surface area contributed by atoms with Crippen LogP contribution >= 0.6 is 0 Å². The average Bonchev–Trinajstić information content (AvgIpc) is 3.12. The first-order valence-corrected chi connectivity index (χ1v) is 22.9. The summed E-state index contributed by atoms with van der Waals surface area (Å²) in [5.74, 6) is -0.0377. The molecule has 1 atom stereocenters. The van der Waals surface area contributed by atoms with Gasteiger partial charge in [0.05, 0.1) is 0 Å². The molecule has 0 aromatic rings. The van der Waals surface area contributed by atoms with Gasteiger partial charge in [-0.05, 0) is 25.2 Å². The fraction of sp³-hybridized carbons (Fsp3) is 0.935. The number of hydrogen-bond donors (Lipinski definition) is 0. The highest BCUT2D eigenvalue weighted by Gasteiger charge is 2.19. The second-order valence-corrected chi connectivity index (χ2v) is 16.2. The molecule has 0 saturated heterocycles. The number of hydrogen-bond acceptors (Lipinski definition) is 6. The molecule has 0 rings (SSSR count). The first kappa shape index (κ1) is 50.4. The Bertz CT molecular complexity index is 781. The Morgan fingerprint density at radius 2 is 0.635 bits per heavy atom. The van der Waals surface area contributed by atoms with Crippen molar-refractivity contribution < 1.29 is 28.6 Å². The molecule has 0 aliphatic heterocycles. The lowest BCUT2D eigenvalue weighted by atomic mass is 10.0. The Balaban J connectivity index is 4.31. The van der Waals surface area contributed by atoms with Gasteiger partial charge in [0.15, 0.2) is 6.10 Å². The molecule has 0 aliphatic carbocycles. The molecule has 308 valence electrons. The molecule has 52 heavy (non-hydrogen) atoms. The number of unbranched alkanes of at least 4 members (excludes halogenated alkanes) is 28. The van der Waals surface area contributed by atoms with Crippen LogP contribution in [0.1, 0.15) is 252 Å². The highest BCUT2D eigenvalue weighted by molar-refractivity contribution is 5.71. The third kappa shape index (κ3) is 39.6. The van der Waals surface area contributed by atoms with Gasteiger partial charge in [-0.25, -0.2) is 0 Å². The van der Waals surface area contributed by atoms with E-state index in [1.165, 1.54) is 148 Å². The standard InChI is InChI=1S/C46H88O6/c1-5-7-9-11-13-15-16-17-23-27-31-35-39-46(49)52-43(40-50-44(47)37-33-29-25-20-14-12-10-8-6-2)41-51-45(48)38-34-30-26-22-19-18-21-24-28-32-36-42(3)4/h42-43H,5-41H2,1-4H3/t43-/m0/s1. The maximum Gasteiger partial charge on any atom is 0.306 e. The number of carbonyl (C=O) groups excluding carboxylic acids is 3. The van der Waals surface area contributed by atoms with Crippen molar-refractivity contribution in [1.82, 2.24) is 0 Å². The van der Waals surface area contributed by atoms with E-state index in [0.717, 1.165) is 63.7 Å². The Morgan fingerprint density at radius 1 is 0.365 bits per heavy atom. The van der Waals surface area contributed by atoms with Crippen LogP contribution in [0.2, 0.25) is 0 Å². The molecular weight excluding hydrogens is 648 g/mol. The summed E-state index contributed by atoms with van der Waals surface area (Å²) in [6.45, 7) is 8.96. The molecule has 0 bridgehead atoms. The fourth-order valence-corrected chi connectivity index (χ4v) is 6.80. The minimum atomic E-state index is -0.758. The number of esters is 3. The largest absolute Gasteiger partial charge is 0.462 e. The summed E-state index contributed by atoms with van der Waals surface area (Å²) in [6, 6.07) is 0. The van der Waals surface area contributed by atoms with Gasteiger partial charge in [0.1, 0.15) is 13.2 Å². The summed E-state index contributed by atoms with van der Waals surface area (Å²) < 4.78 is 16.7. The van der Waals surface area contributed by atoms with Gasteiger partial charge in [-0.1, -0.05) is 214 Å². The van der Waals surface area contributed by atoms with Crippen molar-refractivity contribution in [1.29, 1.82) is 0 Å². The molecule has 6 nitrogen and oxygen atoms in total. The van der Waals surface area contributed by atoms with E-state index in [1.54, 1.807) is 0 Å². The van der Waals surface area contributed by atoms with Crippen molar-refractivity contribution in [2.24, 2.45) is 5.92 Å². The normalized spacial score (nSPS) is 11.9. The first-order chi connectivity index (χ1) is 25.4. The van der Waals surface area contributed by atoms with E-state index in [0.29, 0.717) is 19.3 Å². The van der Waals surface area contributed by atoms with Gasteiger partial charge < -0.3 is 14.2 Å². The van der Waals surface area contributed by atoms with Gasteiger partial charge in [-0.15, -0.1) is 0 Å². The molecular formula is C46H88O6. The summed E-state index contributed by atoms with van der Waals surface area (Å²) in [6.07, 6.45) is 39.4. The van der Waals surface area contributed by atoms with Gasteiger partial charge in [0.2, 0.25) is 0 Å². The number of carbonyl (C=O) groups is 3. The minimum absolute atomic E-state index is 0.0640. The van der Waals surface area contributed by atoms with Gasteiger partial charge in [0, 0.05) is 19.3 Å². The molecule has 0 aromatic carbocycles. The lowest BCUT2D eigenvalue weighted by Gasteiger charge is -2.18. The summed E-state index contributed by atoms with van der Waals surface area (Å²) in [5.41, 5.74) is 0. The monoisotopic (exact) mass is 737 g/mol. The van der Waals surface area contributed by atoms with E-state index >= 15 is 0 Å². The van der Waals surface area contributed by atoms with Crippen LogP contribution in [0, 0.1) is 5.92 Å². The van der Waals surface area contributed by atoms with Crippen LogP contribution in [0.4, 0.5) is 0 Å². The van der Waals surface area contributed by atoms with Crippen LogP contribution in [0.25, 0.3) is 0 Å². The van der Waals surface area contributed by atoms with Crippen LogP contribution in [-0.2, 0) is 28.6 Å². The van der Waals surface area contributed by atoms with Crippen molar-refractivity contribution in [3.63, 3.8) is 0 Å². The average molecular weight is 737 g/mol. The molecule has 0 heterocycles. The summed E-state index contributed by atoms with van der Waals surface area (Å²) in [7, 11) is 0. The third-order valence-electron chi connectivity index (χ3n) is 10.3. The zero-order valence-electron chi connectivity index (χ0n) is 35.3. The predicted molar refractivity (Wildman–Crippen MR) is 220 cm³/mol. The second-order valence-electron chi connectivity index (χ2n) is 16.2. The first-order valence-electron chi connectivity index (χ1n) is 22.9. The van der Waals surface area contributed by atoms with Crippen molar-refractivity contribution >= 4 is 17.9 Å². The lowest BCUT2D eigenvalue weighted by Crippen LogP contribution is -2.30.